The number of nitrogens with one attached hydrogen (secondary N) is 2. The molecule has 0 aliphatic heterocycles. The molecule has 1 aromatic heterocycles. The van der Waals surface area contributed by atoms with Crippen LogP contribution < -0.4 is 10.9 Å². The minimum Gasteiger partial charge on any atom is -0.322 e. The van der Waals surface area contributed by atoms with Gasteiger partial charge in [-0.25, -0.2) is 4.79 Å². The van der Waals surface area contributed by atoms with E-state index >= 15 is 0 Å². The maximum Gasteiger partial charge on any atom is 0.418 e. The van der Waals surface area contributed by atoms with Gasteiger partial charge in [-0.05, 0) is 30.2 Å². The summed E-state index contributed by atoms with van der Waals surface area (Å²) in [7, 11) is 0. The first-order valence-corrected chi connectivity index (χ1v) is 9.12. The van der Waals surface area contributed by atoms with Crippen LogP contribution in [0.5, 0.6) is 0 Å². The summed E-state index contributed by atoms with van der Waals surface area (Å²) in [5.74, 6) is 0. The highest BCUT2D eigenvalue weighted by Crippen LogP contribution is 2.34. The second-order valence-electron chi connectivity index (χ2n) is 6.60. The van der Waals surface area contributed by atoms with Gasteiger partial charge in [0.15, 0.2) is 0 Å². The van der Waals surface area contributed by atoms with Crippen LogP contribution in [0.15, 0.2) is 59.4 Å². The molecule has 0 bridgehead atoms. The van der Waals surface area contributed by atoms with Gasteiger partial charge in [-0.1, -0.05) is 37.3 Å². The molecule has 0 unspecified atom stereocenters. The third-order valence-electron chi connectivity index (χ3n) is 4.45. The van der Waals surface area contributed by atoms with Gasteiger partial charge >= 0.3 is 12.2 Å². The Morgan fingerprint density at radius 2 is 1.79 bits per heavy atom. The molecule has 3 aromatic rings. The van der Waals surface area contributed by atoms with E-state index in [9.17, 15) is 22.8 Å². The van der Waals surface area contributed by atoms with E-state index in [1.165, 1.54) is 29.2 Å². The maximum atomic E-state index is 13.2. The zero-order chi connectivity index (χ0) is 21.0. The normalized spacial score (nSPS) is 11.4. The summed E-state index contributed by atoms with van der Waals surface area (Å²) in [5.41, 5.74) is -0.266. The summed E-state index contributed by atoms with van der Waals surface area (Å²) in [6.45, 7) is 2.28. The first kappa shape index (κ1) is 20.4. The molecule has 0 fully saturated rings. The number of benzene rings is 2. The molecule has 0 spiro atoms. The smallest absolute Gasteiger partial charge is 0.322 e. The number of carbonyl (C=O) groups is 1. The summed E-state index contributed by atoms with van der Waals surface area (Å²) in [6.07, 6.45) is -3.97. The van der Waals surface area contributed by atoms with E-state index < -0.39 is 17.8 Å². The Morgan fingerprint density at radius 3 is 2.52 bits per heavy atom. The fourth-order valence-electron chi connectivity index (χ4n) is 3.17. The number of aromatic nitrogens is 1. The third-order valence-corrected chi connectivity index (χ3v) is 4.45. The van der Waals surface area contributed by atoms with Crippen molar-refractivity contribution >= 4 is 22.6 Å². The van der Waals surface area contributed by atoms with Gasteiger partial charge < -0.3 is 15.2 Å². The first-order chi connectivity index (χ1) is 13.8. The molecule has 8 heteroatoms. The average molecular weight is 403 g/mol. The van der Waals surface area contributed by atoms with E-state index in [2.05, 4.69) is 10.3 Å². The minimum atomic E-state index is -4.58. The molecular formula is C21H20F3N3O2. The summed E-state index contributed by atoms with van der Waals surface area (Å²) < 4.78 is 39.6. The van der Waals surface area contributed by atoms with Gasteiger partial charge in [-0.3, -0.25) is 4.79 Å². The number of anilines is 1. The Labute approximate surface area is 165 Å². The number of amides is 2. The number of hydrogen-bond donors (Lipinski definition) is 2. The van der Waals surface area contributed by atoms with E-state index in [1.54, 1.807) is 12.1 Å². The lowest BCUT2D eigenvalue weighted by Crippen LogP contribution is -2.36. The Hall–Kier alpha value is -3.29. The lowest BCUT2D eigenvalue weighted by Gasteiger charge is -2.24. The van der Waals surface area contributed by atoms with Crippen LogP contribution >= 0.6 is 0 Å². The number of carbonyl (C=O) groups excluding carboxylic acids is 1. The predicted molar refractivity (Wildman–Crippen MR) is 106 cm³/mol. The van der Waals surface area contributed by atoms with Crippen molar-refractivity contribution in [2.75, 3.05) is 11.9 Å². The summed E-state index contributed by atoms with van der Waals surface area (Å²) >= 11 is 0. The molecule has 1 heterocycles. The summed E-state index contributed by atoms with van der Waals surface area (Å²) in [5, 5.41) is 3.14. The Bertz CT molecular complexity index is 1080. The van der Waals surface area contributed by atoms with Crippen molar-refractivity contribution < 1.29 is 18.0 Å². The van der Waals surface area contributed by atoms with E-state index in [-0.39, 0.29) is 17.8 Å². The lowest BCUT2D eigenvalue weighted by atomic mass is 10.1. The number of alkyl halides is 3. The molecule has 2 N–H and O–H groups in total. The molecule has 3 rings (SSSR count). The highest BCUT2D eigenvalue weighted by molar-refractivity contribution is 5.91. The molecular weight excluding hydrogens is 383 g/mol. The van der Waals surface area contributed by atoms with Crippen LogP contribution in [0.1, 0.15) is 24.5 Å². The maximum absolute atomic E-state index is 13.2. The average Bonchev–Trinajstić information content (AvgIpc) is 2.67. The zero-order valence-corrected chi connectivity index (χ0v) is 15.7. The van der Waals surface area contributed by atoms with Crippen LogP contribution in [-0.2, 0) is 12.7 Å². The Balaban J connectivity index is 1.90. The molecule has 0 aliphatic carbocycles. The van der Waals surface area contributed by atoms with Crippen molar-refractivity contribution in [1.82, 2.24) is 9.88 Å². The summed E-state index contributed by atoms with van der Waals surface area (Å²) in [4.78, 5) is 28.9. The van der Waals surface area contributed by atoms with Crippen molar-refractivity contribution in [3.8, 4) is 0 Å². The minimum absolute atomic E-state index is 0.0955. The third kappa shape index (κ3) is 4.77. The number of para-hydroxylation sites is 2. The number of fused-ring (bicyclic) bond motifs is 1. The van der Waals surface area contributed by atoms with Crippen LogP contribution in [0.4, 0.5) is 23.7 Å². The second-order valence-corrected chi connectivity index (χ2v) is 6.60. The van der Waals surface area contributed by atoms with E-state index in [4.69, 9.17) is 0 Å². The standard InChI is InChI=1S/C21H20F3N3O2/c1-2-11-27(13-14-12-19(28)25-17-9-5-3-7-15(14)17)20(29)26-18-10-6-4-8-16(18)21(22,23)24/h3-10,12H,2,11,13H2,1H3,(H,25,28)(H,26,29). The predicted octanol–water partition coefficient (Wildman–Crippen LogP) is 4.99. The van der Waals surface area contributed by atoms with Crippen LogP contribution in [0, 0.1) is 0 Å². The SMILES string of the molecule is CCCN(Cc1cc(=O)[nH]c2ccccc12)C(=O)Nc1ccccc1C(F)(F)F. The largest absolute Gasteiger partial charge is 0.418 e. The topological polar surface area (TPSA) is 65.2 Å². The molecule has 29 heavy (non-hydrogen) atoms. The van der Waals surface area contributed by atoms with Gasteiger partial charge in [0.25, 0.3) is 0 Å². The van der Waals surface area contributed by atoms with Gasteiger partial charge in [0.1, 0.15) is 0 Å². The molecule has 2 aromatic carbocycles. The number of urea groups is 1. The zero-order valence-electron chi connectivity index (χ0n) is 15.7. The highest BCUT2D eigenvalue weighted by Gasteiger charge is 2.33. The van der Waals surface area contributed by atoms with Crippen molar-refractivity contribution in [2.45, 2.75) is 26.1 Å². The van der Waals surface area contributed by atoms with Gasteiger partial charge in [0, 0.05) is 30.1 Å². The number of hydrogen-bond acceptors (Lipinski definition) is 2. The van der Waals surface area contributed by atoms with E-state index in [0.717, 1.165) is 11.5 Å². The van der Waals surface area contributed by atoms with Gasteiger partial charge in [-0.15, -0.1) is 0 Å². The van der Waals surface area contributed by atoms with Crippen molar-refractivity contribution in [3.05, 3.63) is 76.1 Å². The van der Waals surface area contributed by atoms with Gasteiger partial charge in [0.05, 0.1) is 11.3 Å². The van der Waals surface area contributed by atoms with Crippen LogP contribution in [-0.4, -0.2) is 22.5 Å². The Kier molecular flexibility index (Phi) is 5.91. The number of pyridine rings is 1. The second kappa shape index (κ2) is 8.38. The molecule has 0 radical (unpaired) electrons. The van der Waals surface area contributed by atoms with Crippen molar-refractivity contribution in [3.63, 3.8) is 0 Å². The van der Waals surface area contributed by atoms with Crippen molar-refractivity contribution in [1.29, 1.82) is 0 Å². The Morgan fingerprint density at radius 1 is 1.10 bits per heavy atom. The van der Waals surface area contributed by atoms with Crippen LogP contribution in [0.2, 0.25) is 0 Å². The van der Waals surface area contributed by atoms with Gasteiger partial charge in [0.2, 0.25) is 5.56 Å². The number of aromatic amines is 1. The molecule has 2 amide bonds. The van der Waals surface area contributed by atoms with Crippen molar-refractivity contribution in [2.24, 2.45) is 0 Å². The number of rotatable bonds is 5. The lowest BCUT2D eigenvalue weighted by molar-refractivity contribution is -0.136. The van der Waals surface area contributed by atoms with Crippen LogP contribution in [0.25, 0.3) is 10.9 Å². The van der Waals surface area contributed by atoms with Gasteiger partial charge in [-0.2, -0.15) is 13.2 Å². The molecule has 0 saturated carbocycles. The number of nitrogens with zero attached hydrogens (tertiary/aromatic N) is 1. The molecule has 0 saturated heterocycles. The monoisotopic (exact) mass is 403 g/mol. The van der Waals surface area contributed by atoms with E-state index in [1.807, 2.05) is 19.1 Å². The van der Waals surface area contributed by atoms with E-state index in [0.29, 0.717) is 24.0 Å². The number of halogens is 3. The fraction of sp³-hybridized carbons (Fsp3) is 0.238. The fourth-order valence-corrected chi connectivity index (χ4v) is 3.17. The highest BCUT2D eigenvalue weighted by atomic mass is 19.4. The molecule has 0 aliphatic rings. The molecule has 5 nitrogen and oxygen atoms in total. The van der Waals surface area contributed by atoms with Crippen LogP contribution in [0.3, 0.4) is 0 Å². The number of H-pyrrole nitrogens is 1. The quantitative estimate of drug-likeness (QED) is 0.630. The first-order valence-electron chi connectivity index (χ1n) is 9.12. The molecule has 0 atom stereocenters. The summed E-state index contributed by atoms with van der Waals surface area (Å²) in [6, 6.07) is 12.8. The molecule has 152 valence electrons.